The molecule has 0 fully saturated rings. The van der Waals surface area contributed by atoms with Gasteiger partial charge in [0, 0.05) is 30.5 Å². The summed E-state index contributed by atoms with van der Waals surface area (Å²) in [6.45, 7) is 0.888. The van der Waals surface area contributed by atoms with Crippen molar-refractivity contribution < 1.29 is 9.90 Å². The van der Waals surface area contributed by atoms with Crippen LogP contribution < -0.4 is 10.2 Å². The van der Waals surface area contributed by atoms with E-state index in [9.17, 15) is 9.90 Å². The number of aliphatic hydroxyl groups excluding tert-OH is 1. The molecule has 2 aromatic rings. The van der Waals surface area contributed by atoms with E-state index in [1.165, 1.54) is 5.56 Å². The molecule has 0 aromatic heterocycles. The van der Waals surface area contributed by atoms with Crippen LogP contribution in [-0.2, 0) is 11.2 Å². The summed E-state index contributed by atoms with van der Waals surface area (Å²) in [6.07, 6.45) is -0.0765. The molecule has 108 valence electrons. The first kappa shape index (κ1) is 13.6. The van der Waals surface area contributed by atoms with E-state index in [0.717, 1.165) is 18.7 Å². The van der Waals surface area contributed by atoms with Gasteiger partial charge in [0.25, 0.3) is 5.91 Å². The van der Waals surface area contributed by atoms with Crippen molar-refractivity contribution in [1.82, 2.24) is 0 Å². The second kappa shape index (κ2) is 5.58. The number of benzene rings is 2. The lowest BCUT2D eigenvalue weighted by atomic mass is 10.1. The maximum atomic E-state index is 11.4. The molecular formula is C17H18N2O2. The van der Waals surface area contributed by atoms with E-state index in [0.29, 0.717) is 11.3 Å². The summed E-state index contributed by atoms with van der Waals surface area (Å²) in [4.78, 5) is 13.6. The van der Waals surface area contributed by atoms with E-state index in [2.05, 4.69) is 22.3 Å². The van der Waals surface area contributed by atoms with E-state index in [-0.39, 0.29) is 5.91 Å². The van der Waals surface area contributed by atoms with E-state index in [4.69, 9.17) is 0 Å². The molecule has 1 unspecified atom stereocenters. The third-order valence-electron chi connectivity index (χ3n) is 3.86. The van der Waals surface area contributed by atoms with Gasteiger partial charge in [0.15, 0.2) is 6.10 Å². The summed E-state index contributed by atoms with van der Waals surface area (Å²) in [5, 5.41) is 12.4. The van der Waals surface area contributed by atoms with Crippen LogP contribution in [0.1, 0.15) is 17.2 Å². The highest BCUT2D eigenvalue weighted by Gasteiger charge is 2.28. The van der Waals surface area contributed by atoms with Crippen LogP contribution in [0.15, 0.2) is 48.5 Å². The van der Waals surface area contributed by atoms with Crippen molar-refractivity contribution in [3.63, 3.8) is 0 Å². The molecule has 0 saturated heterocycles. The van der Waals surface area contributed by atoms with Gasteiger partial charge in [0.05, 0.1) is 0 Å². The fraction of sp³-hybridized carbons (Fsp3) is 0.235. The molecule has 21 heavy (non-hydrogen) atoms. The number of nitrogens with zero attached hydrogens (tertiary/aromatic N) is 1. The Morgan fingerprint density at radius 1 is 1.19 bits per heavy atom. The Morgan fingerprint density at radius 2 is 1.95 bits per heavy atom. The zero-order valence-corrected chi connectivity index (χ0v) is 11.9. The van der Waals surface area contributed by atoms with Crippen LogP contribution in [-0.4, -0.2) is 24.6 Å². The third-order valence-corrected chi connectivity index (χ3v) is 3.86. The summed E-state index contributed by atoms with van der Waals surface area (Å²) in [6, 6.07) is 16.0. The maximum Gasteiger partial charge on any atom is 0.257 e. The number of hydrogen-bond donors (Lipinski definition) is 2. The highest BCUT2D eigenvalue weighted by molar-refractivity contribution is 6.02. The number of anilines is 2. The monoisotopic (exact) mass is 282 g/mol. The van der Waals surface area contributed by atoms with Crippen LogP contribution >= 0.6 is 0 Å². The minimum atomic E-state index is -1.04. The summed E-state index contributed by atoms with van der Waals surface area (Å²) in [5.74, 6) is -0.353. The fourth-order valence-corrected chi connectivity index (χ4v) is 2.54. The molecule has 4 nitrogen and oxygen atoms in total. The van der Waals surface area contributed by atoms with Gasteiger partial charge in [-0.2, -0.15) is 0 Å². The van der Waals surface area contributed by atoms with Crippen molar-refractivity contribution in [3.05, 3.63) is 59.7 Å². The molecule has 2 aromatic carbocycles. The lowest BCUT2D eigenvalue weighted by Crippen LogP contribution is -2.20. The molecule has 4 heteroatoms. The Bertz CT molecular complexity index is 655. The molecular weight excluding hydrogens is 264 g/mol. The van der Waals surface area contributed by atoms with Gasteiger partial charge < -0.3 is 15.3 Å². The van der Waals surface area contributed by atoms with Crippen LogP contribution in [0.5, 0.6) is 0 Å². The van der Waals surface area contributed by atoms with E-state index >= 15 is 0 Å². The zero-order valence-electron chi connectivity index (χ0n) is 11.9. The van der Waals surface area contributed by atoms with Gasteiger partial charge in [0.1, 0.15) is 0 Å². The Kier molecular flexibility index (Phi) is 3.62. The molecule has 1 aliphatic rings. The van der Waals surface area contributed by atoms with Crippen LogP contribution in [0.4, 0.5) is 11.4 Å². The quantitative estimate of drug-likeness (QED) is 0.905. The van der Waals surface area contributed by atoms with Crippen molar-refractivity contribution in [2.75, 3.05) is 23.8 Å². The zero-order chi connectivity index (χ0) is 14.8. The van der Waals surface area contributed by atoms with Crippen LogP contribution in [0.3, 0.4) is 0 Å². The second-order valence-electron chi connectivity index (χ2n) is 5.32. The minimum absolute atomic E-state index is 0.353. The van der Waals surface area contributed by atoms with Crippen molar-refractivity contribution in [3.8, 4) is 0 Å². The molecule has 0 spiro atoms. The molecule has 0 saturated carbocycles. The minimum Gasteiger partial charge on any atom is -0.378 e. The number of hydrogen-bond acceptors (Lipinski definition) is 3. The number of amides is 1. The predicted octanol–water partition coefficient (Wildman–Crippen LogP) is 2.35. The maximum absolute atomic E-state index is 11.4. The number of carbonyl (C=O) groups excluding carboxylic acids is 1. The lowest BCUT2D eigenvalue weighted by Gasteiger charge is -2.20. The van der Waals surface area contributed by atoms with Gasteiger partial charge in [-0.25, -0.2) is 0 Å². The van der Waals surface area contributed by atoms with Crippen molar-refractivity contribution in [2.24, 2.45) is 0 Å². The average molecular weight is 282 g/mol. The molecule has 1 atom stereocenters. The number of likely N-dealkylation sites (N-methyl/N-ethyl adjacent to an activating group) is 1. The first-order valence-electron chi connectivity index (χ1n) is 7.03. The first-order valence-corrected chi connectivity index (χ1v) is 7.03. The summed E-state index contributed by atoms with van der Waals surface area (Å²) >= 11 is 0. The summed E-state index contributed by atoms with van der Waals surface area (Å²) < 4.78 is 0. The molecule has 0 radical (unpaired) electrons. The Hall–Kier alpha value is -2.33. The van der Waals surface area contributed by atoms with Crippen LogP contribution in [0, 0.1) is 0 Å². The number of rotatable bonds is 4. The van der Waals surface area contributed by atoms with Crippen molar-refractivity contribution >= 4 is 17.3 Å². The second-order valence-corrected chi connectivity index (χ2v) is 5.32. The largest absolute Gasteiger partial charge is 0.378 e. The lowest BCUT2D eigenvalue weighted by molar-refractivity contribution is -0.123. The van der Waals surface area contributed by atoms with Gasteiger partial charge in [-0.05, 0) is 24.1 Å². The SMILES string of the molecule is CN(CCc1ccccc1)c1ccc2c(c1)NC(=O)C2O. The Balaban J connectivity index is 1.70. The van der Waals surface area contributed by atoms with Crippen molar-refractivity contribution in [1.29, 1.82) is 0 Å². The number of aliphatic hydroxyl groups is 1. The average Bonchev–Trinajstić information content (AvgIpc) is 2.80. The van der Waals surface area contributed by atoms with E-state index < -0.39 is 6.10 Å². The molecule has 2 N–H and O–H groups in total. The molecule has 0 bridgehead atoms. The molecule has 3 rings (SSSR count). The normalized spacial score (nSPS) is 16.5. The molecule has 0 aliphatic carbocycles. The summed E-state index contributed by atoms with van der Waals surface area (Å²) in [7, 11) is 2.03. The number of nitrogens with one attached hydrogen (secondary N) is 1. The van der Waals surface area contributed by atoms with Gasteiger partial charge in [-0.15, -0.1) is 0 Å². The van der Waals surface area contributed by atoms with Crippen LogP contribution in [0.25, 0.3) is 0 Å². The highest BCUT2D eigenvalue weighted by Crippen LogP contribution is 2.33. The Labute approximate surface area is 124 Å². The van der Waals surface area contributed by atoms with Gasteiger partial charge in [0.2, 0.25) is 0 Å². The van der Waals surface area contributed by atoms with E-state index in [1.54, 1.807) is 0 Å². The standard InChI is InChI=1S/C17H18N2O2/c1-19(10-9-12-5-3-2-4-6-12)13-7-8-14-15(11-13)18-17(21)16(14)20/h2-8,11,16,20H,9-10H2,1H3,(H,18,21). The molecule has 1 aliphatic heterocycles. The van der Waals surface area contributed by atoms with Gasteiger partial charge in [-0.1, -0.05) is 36.4 Å². The van der Waals surface area contributed by atoms with Crippen molar-refractivity contribution in [2.45, 2.75) is 12.5 Å². The molecule has 1 amide bonds. The first-order chi connectivity index (χ1) is 10.1. The summed E-state index contributed by atoms with van der Waals surface area (Å²) in [5.41, 5.74) is 3.69. The van der Waals surface area contributed by atoms with Gasteiger partial charge >= 0.3 is 0 Å². The number of carbonyl (C=O) groups is 1. The van der Waals surface area contributed by atoms with Crippen LogP contribution in [0.2, 0.25) is 0 Å². The number of fused-ring (bicyclic) bond motifs is 1. The fourth-order valence-electron chi connectivity index (χ4n) is 2.54. The van der Waals surface area contributed by atoms with E-state index in [1.807, 2.05) is 43.4 Å². The topological polar surface area (TPSA) is 52.6 Å². The Morgan fingerprint density at radius 3 is 2.71 bits per heavy atom. The molecule has 1 heterocycles. The smallest absolute Gasteiger partial charge is 0.257 e. The third kappa shape index (κ3) is 2.76. The van der Waals surface area contributed by atoms with Gasteiger partial charge in [-0.3, -0.25) is 4.79 Å². The predicted molar refractivity (Wildman–Crippen MR) is 83.4 cm³/mol. The highest BCUT2D eigenvalue weighted by atomic mass is 16.3.